The number of benzene rings is 2. The van der Waals surface area contributed by atoms with Crippen LogP contribution in [-0.4, -0.2) is 20.7 Å². The van der Waals surface area contributed by atoms with E-state index in [1.165, 1.54) is 29.7 Å². The van der Waals surface area contributed by atoms with Crippen molar-refractivity contribution >= 4 is 11.6 Å². The summed E-state index contributed by atoms with van der Waals surface area (Å²) in [6.45, 7) is 0.733. The largest absolute Gasteiger partial charge is 0.370 e. The molecule has 2 aromatic carbocycles. The van der Waals surface area contributed by atoms with Gasteiger partial charge < -0.3 is 11.1 Å². The molecule has 0 bridgehead atoms. The highest BCUT2D eigenvalue weighted by molar-refractivity contribution is 5.92. The molecule has 138 valence electrons. The van der Waals surface area contributed by atoms with Gasteiger partial charge in [-0.1, -0.05) is 18.2 Å². The lowest BCUT2D eigenvalue weighted by molar-refractivity contribution is 0.618. The minimum atomic E-state index is -0.261. The van der Waals surface area contributed by atoms with Crippen molar-refractivity contribution in [3.8, 4) is 0 Å². The van der Waals surface area contributed by atoms with E-state index in [4.69, 9.17) is 5.73 Å². The predicted octanol–water partition coefficient (Wildman–Crippen LogP) is 2.88. The molecule has 3 N–H and O–H groups in total. The number of nitrogens with two attached hydrogens (primary N) is 1. The second-order valence-electron chi connectivity index (χ2n) is 6.65. The summed E-state index contributed by atoms with van der Waals surface area (Å²) >= 11 is 0. The molecule has 0 unspecified atom stereocenters. The van der Waals surface area contributed by atoms with Gasteiger partial charge in [-0.05, 0) is 60.2 Å². The molecule has 1 heterocycles. The molecule has 0 radical (unpaired) electrons. The quantitative estimate of drug-likeness (QED) is 0.539. The zero-order chi connectivity index (χ0) is 18.6. The summed E-state index contributed by atoms with van der Waals surface area (Å²) in [7, 11) is 0. The number of hydrogen-bond acceptors (Lipinski definition) is 3. The average molecular weight is 364 g/mol. The van der Waals surface area contributed by atoms with E-state index >= 15 is 0 Å². The maximum Gasteiger partial charge on any atom is 0.193 e. The van der Waals surface area contributed by atoms with Gasteiger partial charge in [0, 0.05) is 5.69 Å². The molecule has 0 spiro atoms. The fraction of sp³-hybridized carbons (Fsp3) is 0.250. The Hall–Kier alpha value is -3.22. The second kappa shape index (κ2) is 7.57. The first-order valence-electron chi connectivity index (χ1n) is 8.97. The van der Waals surface area contributed by atoms with E-state index in [9.17, 15) is 4.39 Å². The van der Waals surface area contributed by atoms with Gasteiger partial charge in [-0.25, -0.2) is 19.0 Å². The van der Waals surface area contributed by atoms with E-state index in [2.05, 4.69) is 32.5 Å². The van der Waals surface area contributed by atoms with Crippen LogP contribution in [0.3, 0.4) is 0 Å². The van der Waals surface area contributed by atoms with Gasteiger partial charge in [-0.3, -0.25) is 0 Å². The Labute approximate surface area is 157 Å². The van der Waals surface area contributed by atoms with E-state index in [-0.39, 0.29) is 12.4 Å². The van der Waals surface area contributed by atoms with Crippen molar-refractivity contribution in [1.82, 2.24) is 14.8 Å². The van der Waals surface area contributed by atoms with Crippen LogP contribution in [0.1, 0.15) is 28.9 Å². The maximum atomic E-state index is 13.3. The van der Waals surface area contributed by atoms with Gasteiger partial charge in [0.2, 0.25) is 0 Å². The van der Waals surface area contributed by atoms with Crippen LogP contribution in [0.4, 0.5) is 10.1 Å². The highest BCUT2D eigenvalue weighted by Gasteiger charge is 2.11. The second-order valence-corrected chi connectivity index (χ2v) is 6.65. The van der Waals surface area contributed by atoms with Crippen molar-refractivity contribution in [3.05, 3.63) is 77.1 Å². The minimum absolute atomic E-state index is 0.261. The molecule has 1 aliphatic carbocycles. The normalized spacial score (nSPS) is 13.6. The van der Waals surface area contributed by atoms with Crippen molar-refractivity contribution in [3.63, 3.8) is 0 Å². The number of fused-ring (bicyclic) bond motifs is 1. The Balaban J connectivity index is 1.36. The summed E-state index contributed by atoms with van der Waals surface area (Å²) in [6.07, 6.45) is 5.10. The Morgan fingerprint density at radius 3 is 2.96 bits per heavy atom. The molecule has 1 aliphatic rings. The van der Waals surface area contributed by atoms with Gasteiger partial charge in [0.05, 0.1) is 6.54 Å². The highest BCUT2D eigenvalue weighted by Crippen LogP contribution is 2.24. The van der Waals surface area contributed by atoms with Gasteiger partial charge in [-0.2, -0.15) is 5.10 Å². The van der Waals surface area contributed by atoms with Crippen LogP contribution in [-0.2, 0) is 25.9 Å². The lowest BCUT2D eigenvalue weighted by Crippen LogP contribution is -2.22. The third-order valence-electron chi connectivity index (χ3n) is 4.58. The van der Waals surface area contributed by atoms with Gasteiger partial charge in [0.1, 0.15) is 18.7 Å². The Morgan fingerprint density at radius 2 is 2.07 bits per heavy atom. The van der Waals surface area contributed by atoms with Crippen molar-refractivity contribution in [2.24, 2.45) is 10.7 Å². The molecule has 0 saturated heterocycles. The van der Waals surface area contributed by atoms with Gasteiger partial charge in [0.15, 0.2) is 11.8 Å². The number of guanidine groups is 1. The van der Waals surface area contributed by atoms with Crippen molar-refractivity contribution in [2.45, 2.75) is 32.4 Å². The minimum Gasteiger partial charge on any atom is -0.370 e. The van der Waals surface area contributed by atoms with Crippen LogP contribution in [0.25, 0.3) is 0 Å². The molecule has 0 fully saturated rings. The summed E-state index contributed by atoms with van der Waals surface area (Å²) in [4.78, 5) is 8.53. The van der Waals surface area contributed by atoms with Crippen LogP contribution in [0.2, 0.25) is 0 Å². The fourth-order valence-corrected chi connectivity index (χ4v) is 3.30. The first-order chi connectivity index (χ1) is 13.2. The lowest BCUT2D eigenvalue weighted by Gasteiger charge is -2.07. The van der Waals surface area contributed by atoms with Crippen molar-refractivity contribution in [1.29, 1.82) is 0 Å². The van der Waals surface area contributed by atoms with Crippen LogP contribution >= 0.6 is 0 Å². The van der Waals surface area contributed by atoms with E-state index in [0.29, 0.717) is 18.3 Å². The van der Waals surface area contributed by atoms with Crippen molar-refractivity contribution < 1.29 is 4.39 Å². The SMILES string of the molecule is NC(=NCc1ncn(Cc2cccc(F)c2)n1)Nc1ccc2c(c1)CCC2. The predicted molar refractivity (Wildman–Crippen MR) is 103 cm³/mol. The highest BCUT2D eigenvalue weighted by atomic mass is 19.1. The number of aryl methyl sites for hydroxylation is 2. The molecule has 3 aromatic rings. The maximum absolute atomic E-state index is 13.3. The number of rotatable bonds is 5. The third kappa shape index (κ3) is 4.31. The topological polar surface area (TPSA) is 81.1 Å². The monoisotopic (exact) mass is 364 g/mol. The van der Waals surface area contributed by atoms with Crippen molar-refractivity contribution in [2.75, 3.05) is 5.32 Å². The molecule has 7 heteroatoms. The number of nitrogens with one attached hydrogen (secondary N) is 1. The first-order valence-corrected chi connectivity index (χ1v) is 8.97. The average Bonchev–Trinajstić information content (AvgIpc) is 3.29. The smallest absolute Gasteiger partial charge is 0.193 e. The molecule has 0 saturated carbocycles. The van der Waals surface area contributed by atoms with Gasteiger partial charge in [0.25, 0.3) is 0 Å². The Morgan fingerprint density at radius 1 is 1.19 bits per heavy atom. The fourth-order valence-electron chi connectivity index (χ4n) is 3.30. The van der Waals surface area contributed by atoms with Crippen LogP contribution < -0.4 is 11.1 Å². The zero-order valence-corrected chi connectivity index (χ0v) is 14.9. The van der Waals surface area contributed by atoms with Crippen LogP contribution in [0.5, 0.6) is 0 Å². The summed E-state index contributed by atoms with van der Waals surface area (Å²) < 4.78 is 14.9. The molecule has 0 aliphatic heterocycles. The molecule has 27 heavy (non-hydrogen) atoms. The molecule has 6 nitrogen and oxygen atoms in total. The van der Waals surface area contributed by atoms with Gasteiger partial charge >= 0.3 is 0 Å². The number of aliphatic imine (C=N–C) groups is 1. The number of nitrogens with zero attached hydrogens (tertiary/aromatic N) is 4. The molecule has 4 rings (SSSR count). The first kappa shape index (κ1) is 17.2. The zero-order valence-electron chi connectivity index (χ0n) is 14.9. The van der Waals surface area contributed by atoms with E-state index in [1.54, 1.807) is 17.1 Å². The van der Waals surface area contributed by atoms with E-state index < -0.39 is 0 Å². The van der Waals surface area contributed by atoms with Crippen LogP contribution in [0.15, 0.2) is 53.8 Å². The molecular weight excluding hydrogens is 343 g/mol. The third-order valence-corrected chi connectivity index (χ3v) is 4.58. The number of aromatic nitrogens is 3. The standard InChI is InChI=1S/C20H21FN6/c21-17-6-1-3-14(9-17)12-27-13-24-19(26-27)11-23-20(22)25-18-8-7-15-4-2-5-16(15)10-18/h1,3,6-10,13H,2,4-5,11-12H2,(H3,22,23,25). The number of anilines is 1. The number of halogens is 1. The lowest BCUT2D eigenvalue weighted by atomic mass is 10.1. The summed E-state index contributed by atoms with van der Waals surface area (Å²) in [5.74, 6) is 0.627. The number of hydrogen-bond donors (Lipinski definition) is 2. The summed E-state index contributed by atoms with van der Waals surface area (Å²) in [6, 6.07) is 12.7. The molecular formula is C20H21FN6. The Bertz CT molecular complexity index is 978. The molecule has 0 atom stereocenters. The van der Waals surface area contributed by atoms with E-state index in [1.807, 2.05) is 12.1 Å². The van der Waals surface area contributed by atoms with E-state index in [0.717, 1.165) is 24.1 Å². The summed E-state index contributed by atoms with van der Waals surface area (Å²) in [5, 5.41) is 7.47. The Kier molecular flexibility index (Phi) is 4.82. The summed E-state index contributed by atoms with van der Waals surface area (Å²) in [5.41, 5.74) is 10.6. The molecule has 0 amide bonds. The van der Waals surface area contributed by atoms with Gasteiger partial charge in [-0.15, -0.1) is 0 Å². The molecule has 1 aromatic heterocycles. The van der Waals surface area contributed by atoms with Crippen LogP contribution in [0, 0.1) is 5.82 Å².